The molecule has 0 bridgehead atoms. The molecule has 0 fully saturated rings. The second-order valence-electron chi connectivity index (χ2n) is 4.26. The highest BCUT2D eigenvalue weighted by atomic mass is 35.5. The van der Waals surface area contributed by atoms with E-state index in [0.29, 0.717) is 11.3 Å². The van der Waals surface area contributed by atoms with E-state index in [9.17, 15) is 9.59 Å². The molecule has 0 saturated heterocycles. The van der Waals surface area contributed by atoms with Crippen molar-refractivity contribution in [3.05, 3.63) is 39.8 Å². The zero-order valence-corrected chi connectivity index (χ0v) is 11.9. The van der Waals surface area contributed by atoms with E-state index in [1.165, 1.54) is 7.05 Å². The Hall–Kier alpha value is -2.54. The molecule has 1 heterocycles. The zero-order chi connectivity index (χ0) is 15.6. The number of nitrogen functional groups attached to an aromatic ring is 1. The first-order valence-corrected chi connectivity index (χ1v) is 6.37. The van der Waals surface area contributed by atoms with Crippen LogP contribution in [0.4, 0.5) is 11.5 Å². The molecule has 0 aliphatic carbocycles. The zero-order valence-electron chi connectivity index (χ0n) is 11.1. The smallest absolute Gasteiger partial charge is 0.323 e. The number of carboxylic acids is 1. The van der Waals surface area contributed by atoms with Crippen LogP contribution in [0, 0.1) is 0 Å². The van der Waals surface area contributed by atoms with E-state index in [0.717, 1.165) is 4.57 Å². The molecule has 0 radical (unpaired) electrons. The Labute approximate surface area is 125 Å². The predicted molar refractivity (Wildman–Crippen MR) is 80.5 cm³/mol. The molecule has 0 saturated carbocycles. The highest BCUT2D eigenvalue weighted by molar-refractivity contribution is 6.32. The molecule has 0 spiro atoms. The third-order valence-corrected chi connectivity index (χ3v) is 3.08. The van der Waals surface area contributed by atoms with Gasteiger partial charge in [-0.3, -0.25) is 14.2 Å². The first-order valence-electron chi connectivity index (χ1n) is 6.00. The van der Waals surface area contributed by atoms with Gasteiger partial charge in [0.1, 0.15) is 6.54 Å². The molecule has 0 aliphatic heterocycles. The van der Waals surface area contributed by atoms with Gasteiger partial charge in [0.15, 0.2) is 11.0 Å². The molecule has 4 N–H and O–H groups in total. The summed E-state index contributed by atoms with van der Waals surface area (Å²) in [6, 6.07) is 6.63. The summed E-state index contributed by atoms with van der Waals surface area (Å²) in [4.78, 5) is 27.2. The monoisotopic (exact) mass is 308 g/mol. The van der Waals surface area contributed by atoms with Crippen LogP contribution in [-0.2, 0) is 11.3 Å². The van der Waals surface area contributed by atoms with Crippen LogP contribution in [0.15, 0.2) is 29.1 Å². The van der Waals surface area contributed by atoms with E-state index >= 15 is 0 Å². The fourth-order valence-electron chi connectivity index (χ4n) is 1.95. The normalized spacial score (nSPS) is 10.4. The van der Waals surface area contributed by atoms with Gasteiger partial charge in [-0.2, -0.15) is 0 Å². The van der Waals surface area contributed by atoms with Crippen LogP contribution in [0.25, 0.3) is 11.3 Å². The van der Waals surface area contributed by atoms with Gasteiger partial charge >= 0.3 is 5.97 Å². The van der Waals surface area contributed by atoms with Crippen molar-refractivity contribution in [3.63, 3.8) is 0 Å². The highest BCUT2D eigenvalue weighted by Gasteiger charge is 2.18. The molecule has 2 aromatic rings. The Balaban J connectivity index is 2.77. The number of carboxylic acid groups (broad SMARTS) is 1. The summed E-state index contributed by atoms with van der Waals surface area (Å²) in [7, 11) is 1.51. The number of nitrogens with one attached hydrogen (secondary N) is 1. The molecular weight excluding hydrogens is 296 g/mol. The predicted octanol–water partition coefficient (Wildman–Crippen LogP) is 1.27. The third kappa shape index (κ3) is 2.97. The van der Waals surface area contributed by atoms with Gasteiger partial charge in [-0.05, 0) is 12.1 Å². The first kappa shape index (κ1) is 14.9. The fourth-order valence-corrected chi connectivity index (χ4v) is 2.25. The fraction of sp³-hybridized carbons (Fsp3) is 0.154. The van der Waals surface area contributed by atoms with Gasteiger partial charge in [0.2, 0.25) is 0 Å². The summed E-state index contributed by atoms with van der Waals surface area (Å²) in [6.07, 6.45) is 0. The number of aliphatic carboxylic acids is 1. The molecule has 7 nitrogen and oxygen atoms in total. The van der Waals surface area contributed by atoms with Crippen LogP contribution >= 0.6 is 11.6 Å². The lowest BCUT2D eigenvalue weighted by molar-refractivity contribution is -0.137. The molecule has 8 heteroatoms. The van der Waals surface area contributed by atoms with Crippen molar-refractivity contribution < 1.29 is 9.90 Å². The Bertz CT molecular complexity index is 758. The van der Waals surface area contributed by atoms with Crippen molar-refractivity contribution in [3.8, 4) is 11.3 Å². The van der Waals surface area contributed by atoms with Crippen LogP contribution in [0.5, 0.6) is 0 Å². The van der Waals surface area contributed by atoms with Gasteiger partial charge in [0, 0.05) is 18.3 Å². The second kappa shape index (κ2) is 5.84. The Morgan fingerprint density at radius 3 is 2.81 bits per heavy atom. The number of nitrogens with zero attached hydrogens (tertiary/aromatic N) is 2. The first-order chi connectivity index (χ1) is 9.93. The van der Waals surface area contributed by atoms with Crippen molar-refractivity contribution >= 4 is 29.1 Å². The quantitative estimate of drug-likeness (QED) is 0.734. The van der Waals surface area contributed by atoms with Crippen LogP contribution in [0.3, 0.4) is 0 Å². The lowest BCUT2D eigenvalue weighted by Gasteiger charge is -2.14. The maximum absolute atomic E-state index is 12.3. The third-order valence-electron chi connectivity index (χ3n) is 2.81. The van der Waals surface area contributed by atoms with E-state index < -0.39 is 18.1 Å². The molecule has 2 rings (SSSR count). The Morgan fingerprint density at radius 1 is 1.52 bits per heavy atom. The van der Waals surface area contributed by atoms with E-state index in [4.69, 9.17) is 22.4 Å². The Kier molecular flexibility index (Phi) is 4.13. The standard InChI is InChI=1S/C13H13ClN4O3/c1-16-12-13(21)18(6-9(19)20)10(11(14)17-12)7-3-2-4-8(15)5-7/h2-5H,6,15H2,1H3,(H,16,17)(H,19,20). The number of hydrogen-bond donors (Lipinski definition) is 3. The van der Waals surface area contributed by atoms with Gasteiger partial charge in [-0.1, -0.05) is 23.7 Å². The van der Waals surface area contributed by atoms with Crippen LogP contribution in [0.2, 0.25) is 5.15 Å². The van der Waals surface area contributed by atoms with E-state index in [1.807, 2.05) is 0 Å². The summed E-state index contributed by atoms with van der Waals surface area (Å²) < 4.78 is 1.05. The van der Waals surface area contributed by atoms with Gasteiger partial charge in [-0.15, -0.1) is 0 Å². The van der Waals surface area contributed by atoms with Crippen molar-refractivity contribution in [2.45, 2.75) is 6.54 Å². The number of hydrogen-bond acceptors (Lipinski definition) is 5. The minimum absolute atomic E-state index is 0.0193. The average molecular weight is 309 g/mol. The maximum atomic E-state index is 12.3. The lowest BCUT2D eigenvalue weighted by Crippen LogP contribution is -2.29. The second-order valence-corrected chi connectivity index (χ2v) is 4.62. The van der Waals surface area contributed by atoms with Crippen molar-refractivity contribution in [1.29, 1.82) is 0 Å². The summed E-state index contributed by atoms with van der Waals surface area (Å²) >= 11 is 6.11. The number of halogens is 1. The van der Waals surface area contributed by atoms with Gasteiger partial charge in [0.25, 0.3) is 5.56 Å². The van der Waals surface area contributed by atoms with Crippen LogP contribution in [0.1, 0.15) is 0 Å². The van der Waals surface area contributed by atoms with Crippen molar-refractivity contribution in [1.82, 2.24) is 9.55 Å². The van der Waals surface area contributed by atoms with Gasteiger partial charge < -0.3 is 16.2 Å². The molecule has 0 aliphatic rings. The summed E-state index contributed by atoms with van der Waals surface area (Å²) in [5.74, 6) is -1.18. The summed E-state index contributed by atoms with van der Waals surface area (Å²) in [5, 5.41) is 11.6. The number of aromatic nitrogens is 2. The average Bonchev–Trinajstić information content (AvgIpc) is 2.42. The SMILES string of the molecule is CNc1nc(Cl)c(-c2cccc(N)c2)n(CC(=O)O)c1=O. The maximum Gasteiger partial charge on any atom is 0.323 e. The van der Waals surface area contributed by atoms with Crippen molar-refractivity contribution in [2.75, 3.05) is 18.1 Å². The number of rotatable bonds is 4. The molecular formula is C13H13ClN4O3. The van der Waals surface area contributed by atoms with Gasteiger partial charge in [0.05, 0.1) is 5.69 Å². The summed E-state index contributed by atoms with van der Waals surface area (Å²) in [6.45, 7) is -0.528. The Morgan fingerprint density at radius 2 is 2.24 bits per heavy atom. The minimum Gasteiger partial charge on any atom is -0.480 e. The van der Waals surface area contributed by atoms with E-state index in [-0.39, 0.29) is 16.7 Å². The number of benzene rings is 1. The molecule has 0 unspecified atom stereocenters. The number of nitrogens with two attached hydrogens (primary N) is 1. The number of anilines is 2. The molecule has 1 aromatic heterocycles. The molecule has 1 aromatic carbocycles. The lowest BCUT2D eigenvalue weighted by atomic mass is 10.1. The molecule has 21 heavy (non-hydrogen) atoms. The topological polar surface area (TPSA) is 110 Å². The van der Waals surface area contributed by atoms with E-state index in [2.05, 4.69) is 10.3 Å². The molecule has 0 atom stereocenters. The highest BCUT2D eigenvalue weighted by Crippen LogP contribution is 2.27. The van der Waals surface area contributed by atoms with Crippen molar-refractivity contribution in [2.24, 2.45) is 0 Å². The minimum atomic E-state index is -1.16. The van der Waals surface area contributed by atoms with Crippen LogP contribution < -0.4 is 16.6 Å². The number of carbonyl (C=O) groups is 1. The molecule has 0 amide bonds. The van der Waals surface area contributed by atoms with Gasteiger partial charge in [-0.25, -0.2) is 4.98 Å². The van der Waals surface area contributed by atoms with E-state index in [1.54, 1.807) is 24.3 Å². The van der Waals surface area contributed by atoms with Crippen LogP contribution in [-0.4, -0.2) is 27.7 Å². The molecule has 110 valence electrons. The summed E-state index contributed by atoms with van der Waals surface area (Å²) in [5.41, 5.74) is 6.35. The largest absolute Gasteiger partial charge is 0.480 e.